The van der Waals surface area contributed by atoms with Crippen LogP contribution in [0.3, 0.4) is 0 Å². The summed E-state index contributed by atoms with van der Waals surface area (Å²) in [4.78, 5) is 14.2. The Morgan fingerprint density at radius 1 is 1.11 bits per heavy atom. The monoisotopic (exact) mass is 395 g/mol. The summed E-state index contributed by atoms with van der Waals surface area (Å²) in [6.45, 7) is 2.42. The van der Waals surface area contributed by atoms with Crippen molar-refractivity contribution < 1.29 is 17.9 Å². The van der Waals surface area contributed by atoms with Crippen molar-refractivity contribution in [2.75, 3.05) is 50.5 Å². The van der Waals surface area contributed by atoms with Crippen LogP contribution in [0, 0.1) is 5.92 Å². The maximum absolute atomic E-state index is 12.6. The number of anilines is 1. The fraction of sp³-hybridized carbons (Fsp3) is 0.632. The molecule has 1 amide bonds. The van der Waals surface area contributed by atoms with E-state index in [9.17, 15) is 13.2 Å². The molecule has 0 atom stereocenters. The topological polar surface area (TPSA) is 79.0 Å². The molecule has 0 aromatic heterocycles. The molecule has 1 saturated heterocycles. The summed E-state index contributed by atoms with van der Waals surface area (Å²) in [5.41, 5.74) is 1.07. The van der Waals surface area contributed by atoms with Crippen molar-refractivity contribution in [1.29, 1.82) is 0 Å². The molecule has 0 radical (unpaired) electrons. The van der Waals surface area contributed by atoms with E-state index in [2.05, 4.69) is 10.2 Å². The smallest absolute Gasteiger partial charge is 0.223 e. The van der Waals surface area contributed by atoms with Crippen molar-refractivity contribution in [3.05, 3.63) is 24.3 Å². The van der Waals surface area contributed by atoms with E-state index < -0.39 is 10.0 Å². The normalized spacial score (nSPS) is 19.2. The van der Waals surface area contributed by atoms with Crippen molar-refractivity contribution in [2.45, 2.75) is 25.7 Å². The molecule has 0 bridgehead atoms. The predicted molar refractivity (Wildman–Crippen MR) is 106 cm³/mol. The van der Waals surface area contributed by atoms with Crippen LogP contribution in [0.4, 0.5) is 5.69 Å². The fourth-order valence-electron chi connectivity index (χ4n) is 3.78. The van der Waals surface area contributed by atoms with Gasteiger partial charge in [-0.05, 0) is 37.1 Å². The molecule has 1 aromatic rings. The summed E-state index contributed by atoms with van der Waals surface area (Å²) in [6, 6.07) is 7.79. The van der Waals surface area contributed by atoms with Gasteiger partial charge in [-0.3, -0.25) is 4.79 Å². The van der Waals surface area contributed by atoms with Gasteiger partial charge in [0.1, 0.15) is 5.75 Å². The molecule has 2 fully saturated rings. The summed E-state index contributed by atoms with van der Waals surface area (Å²) in [5, 5.41) is 2.80. The van der Waals surface area contributed by atoms with Crippen LogP contribution in [0.2, 0.25) is 0 Å². The Morgan fingerprint density at radius 2 is 1.74 bits per heavy atom. The maximum atomic E-state index is 12.6. The standard InChI is InChI=1S/C19H29N3O4S/c1-26-18-8-6-17(7-9-18)21-11-13-22(14-12-21)27(24,25)15-10-20-19(23)16-4-2-3-5-16/h6-9,16H,2-5,10-15H2,1H3,(H,20,23). The van der Waals surface area contributed by atoms with Gasteiger partial charge >= 0.3 is 0 Å². The molecule has 1 aliphatic carbocycles. The van der Waals surface area contributed by atoms with Gasteiger partial charge in [0.15, 0.2) is 0 Å². The lowest BCUT2D eigenvalue weighted by molar-refractivity contribution is -0.124. The Bertz CT molecular complexity index is 722. The van der Waals surface area contributed by atoms with Crippen LogP contribution >= 0.6 is 0 Å². The second-order valence-electron chi connectivity index (χ2n) is 7.17. The van der Waals surface area contributed by atoms with Crippen LogP contribution in [0.5, 0.6) is 5.75 Å². The average molecular weight is 396 g/mol. The summed E-state index contributed by atoms with van der Waals surface area (Å²) in [7, 11) is -1.71. The zero-order valence-electron chi connectivity index (χ0n) is 15.9. The van der Waals surface area contributed by atoms with E-state index >= 15 is 0 Å². The third kappa shape index (κ3) is 5.13. The zero-order valence-corrected chi connectivity index (χ0v) is 16.7. The number of ether oxygens (including phenoxy) is 1. The Kier molecular flexibility index (Phi) is 6.59. The quantitative estimate of drug-likeness (QED) is 0.756. The van der Waals surface area contributed by atoms with Gasteiger partial charge in [-0.1, -0.05) is 12.8 Å². The molecule has 0 spiro atoms. The van der Waals surface area contributed by atoms with Gasteiger partial charge in [0.2, 0.25) is 15.9 Å². The summed E-state index contributed by atoms with van der Waals surface area (Å²) >= 11 is 0. The van der Waals surface area contributed by atoms with Crippen LogP contribution < -0.4 is 15.0 Å². The highest BCUT2D eigenvalue weighted by Crippen LogP contribution is 2.24. The SMILES string of the molecule is COc1ccc(N2CCN(S(=O)(=O)CCNC(=O)C3CCCC3)CC2)cc1. The molecule has 8 heteroatoms. The van der Waals surface area contributed by atoms with Crippen LogP contribution in [0.1, 0.15) is 25.7 Å². The molecule has 7 nitrogen and oxygen atoms in total. The lowest BCUT2D eigenvalue weighted by Gasteiger charge is -2.35. The van der Waals surface area contributed by atoms with Crippen molar-refractivity contribution >= 4 is 21.6 Å². The average Bonchev–Trinajstić information content (AvgIpc) is 3.23. The number of sulfonamides is 1. The van der Waals surface area contributed by atoms with Crippen LogP contribution in [0.15, 0.2) is 24.3 Å². The van der Waals surface area contributed by atoms with E-state index in [4.69, 9.17) is 4.74 Å². The molecule has 1 aliphatic heterocycles. The second-order valence-corrected chi connectivity index (χ2v) is 9.26. The Hall–Kier alpha value is -1.80. The van der Waals surface area contributed by atoms with Gasteiger partial charge < -0.3 is 15.0 Å². The maximum Gasteiger partial charge on any atom is 0.223 e. The zero-order chi connectivity index (χ0) is 19.3. The highest BCUT2D eigenvalue weighted by Gasteiger charge is 2.28. The second kappa shape index (κ2) is 8.93. The minimum absolute atomic E-state index is 0.00650. The molecule has 1 saturated carbocycles. The molecular weight excluding hydrogens is 366 g/mol. The molecule has 1 aromatic carbocycles. The summed E-state index contributed by atoms with van der Waals surface area (Å²) < 4.78 is 31.8. The number of piperazine rings is 1. The highest BCUT2D eigenvalue weighted by atomic mass is 32.2. The number of rotatable bonds is 7. The third-order valence-electron chi connectivity index (χ3n) is 5.45. The number of carbonyl (C=O) groups is 1. The van der Waals surface area contributed by atoms with Crippen LogP contribution in [-0.4, -0.2) is 64.2 Å². The predicted octanol–water partition coefficient (Wildman–Crippen LogP) is 1.45. The fourth-order valence-corrected chi connectivity index (χ4v) is 5.12. The van der Waals surface area contributed by atoms with Gasteiger partial charge in [-0.25, -0.2) is 8.42 Å². The van der Waals surface area contributed by atoms with Crippen LogP contribution in [-0.2, 0) is 14.8 Å². The molecule has 3 rings (SSSR count). The summed E-state index contributed by atoms with van der Waals surface area (Å²) in [6.07, 6.45) is 4.03. The molecular formula is C19H29N3O4S. The molecule has 1 heterocycles. The molecule has 150 valence electrons. The van der Waals surface area contributed by atoms with Gasteiger partial charge in [0.05, 0.1) is 12.9 Å². The Labute approximate surface area is 161 Å². The molecule has 27 heavy (non-hydrogen) atoms. The van der Waals surface area contributed by atoms with Gasteiger partial charge in [-0.15, -0.1) is 0 Å². The minimum atomic E-state index is -3.35. The minimum Gasteiger partial charge on any atom is -0.497 e. The number of benzene rings is 1. The number of amides is 1. The molecule has 1 N–H and O–H groups in total. The Balaban J connectivity index is 1.45. The highest BCUT2D eigenvalue weighted by molar-refractivity contribution is 7.89. The van der Waals surface area contributed by atoms with Gasteiger partial charge in [0.25, 0.3) is 0 Å². The van der Waals surface area contributed by atoms with E-state index in [-0.39, 0.29) is 24.1 Å². The molecule has 2 aliphatic rings. The number of nitrogens with one attached hydrogen (secondary N) is 1. The van der Waals surface area contributed by atoms with E-state index in [0.29, 0.717) is 26.2 Å². The number of hydrogen-bond donors (Lipinski definition) is 1. The first-order chi connectivity index (χ1) is 13.0. The van der Waals surface area contributed by atoms with Gasteiger partial charge in [0, 0.05) is 44.3 Å². The van der Waals surface area contributed by atoms with Crippen molar-refractivity contribution in [2.24, 2.45) is 5.92 Å². The largest absolute Gasteiger partial charge is 0.497 e. The first-order valence-corrected chi connectivity index (χ1v) is 11.2. The number of hydrogen-bond acceptors (Lipinski definition) is 5. The van der Waals surface area contributed by atoms with Crippen molar-refractivity contribution in [3.63, 3.8) is 0 Å². The lowest BCUT2D eigenvalue weighted by Crippen LogP contribution is -2.50. The van der Waals surface area contributed by atoms with Gasteiger partial charge in [-0.2, -0.15) is 4.31 Å². The number of nitrogens with zero attached hydrogens (tertiary/aromatic N) is 2. The van der Waals surface area contributed by atoms with E-state index in [1.165, 1.54) is 4.31 Å². The number of methoxy groups -OCH3 is 1. The first-order valence-electron chi connectivity index (χ1n) is 9.64. The van der Waals surface area contributed by atoms with E-state index in [1.807, 2.05) is 24.3 Å². The number of carbonyl (C=O) groups excluding carboxylic acids is 1. The lowest BCUT2D eigenvalue weighted by atomic mass is 10.1. The summed E-state index contributed by atoms with van der Waals surface area (Å²) in [5.74, 6) is 0.848. The van der Waals surface area contributed by atoms with E-state index in [0.717, 1.165) is 37.1 Å². The molecule has 0 unspecified atom stereocenters. The third-order valence-corrected chi connectivity index (χ3v) is 7.33. The van der Waals surface area contributed by atoms with Crippen molar-refractivity contribution in [3.8, 4) is 5.75 Å². The Morgan fingerprint density at radius 3 is 2.33 bits per heavy atom. The van der Waals surface area contributed by atoms with E-state index in [1.54, 1.807) is 7.11 Å². The van der Waals surface area contributed by atoms with Crippen LogP contribution in [0.25, 0.3) is 0 Å². The first kappa shape index (κ1) is 19.9. The van der Waals surface area contributed by atoms with Crippen molar-refractivity contribution in [1.82, 2.24) is 9.62 Å².